The van der Waals surface area contributed by atoms with Gasteiger partial charge >= 0.3 is 0 Å². The van der Waals surface area contributed by atoms with Crippen LogP contribution in [-0.2, 0) is 6.42 Å². The Morgan fingerprint density at radius 2 is 2.05 bits per heavy atom. The molecule has 0 aromatic heterocycles. The average Bonchev–Trinajstić information content (AvgIpc) is 2.46. The normalized spacial score (nSPS) is 13.9. The van der Waals surface area contributed by atoms with E-state index in [2.05, 4.69) is 15.9 Å². The molecule has 0 unspecified atom stereocenters. The van der Waals surface area contributed by atoms with Gasteiger partial charge in [-0.25, -0.2) is 0 Å². The van der Waals surface area contributed by atoms with E-state index in [1.165, 1.54) is 0 Å². The first kappa shape index (κ1) is 14.4. The Hall–Kier alpha value is -1.52. The second-order valence-corrected chi connectivity index (χ2v) is 6.40. The molecule has 2 N–H and O–H groups in total. The first-order valence-corrected chi connectivity index (χ1v) is 7.88. The summed E-state index contributed by atoms with van der Waals surface area (Å²) in [4.78, 5) is 14.6. The molecule has 1 aliphatic heterocycles. The Morgan fingerprint density at radius 1 is 1.24 bits per heavy atom. The molecule has 3 nitrogen and oxygen atoms in total. The van der Waals surface area contributed by atoms with Gasteiger partial charge in [0.25, 0.3) is 5.91 Å². The molecule has 108 valence electrons. The van der Waals surface area contributed by atoms with E-state index in [4.69, 9.17) is 17.3 Å². The van der Waals surface area contributed by atoms with Gasteiger partial charge in [-0.05, 0) is 48.7 Å². The minimum Gasteiger partial charge on any atom is -0.399 e. The molecule has 0 saturated heterocycles. The van der Waals surface area contributed by atoms with Gasteiger partial charge in [0.1, 0.15) is 0 Å². The lowest BCUT2D eigenvalue weighted by Gasteiger charge is -2.30. The quantitative estimate of drug-likeness (QED) is 0.767. The largest absolute Gasteiger partial charge is 0.399 e. The first-order valence-electron chi connectivity index (χ1n) is 6.71. The van der Waals surface area contributed by atoms with Crippen molar-refractivity contribution in [3.8, 4) is 0 Å². The third-order valence-corrected chi connectivity index (χ3v) is 4.44. The number of halogens is 2. The van der Waals surface area contributed by atoms with E-state index in [1.54, 1.807) is 17.0 Å². The molecule has 5 heteroatoms. The first-order chi connectivity index (χ1) is 10.1. The molecule has 1 amide bonds. The molecular formula is C16H14BrClN2O. The van der Waals surface area contributed by atoms with E-state index in [0.717, 1.165) is 28.6 Å². The van der Waals surface area contributed by atoms with Crippen LogP contribution in [-0.4, -0.2) is 12.5 Å². The molecule has 2 aromatic rings. The van der Waals surface area contributed by atoms with Gasteiger partial charge in [-0.3, -0.25) is 4.79 Å². The van der Waals surface area contributed by atoms with Crippen molar-refractivity contribution in [2.45, 2.75) is 12.8 Å². The molecule has 0 fully saturated rings. The molecule has 21 heavy (non-hydrogen) atoms. The van der Waals surface area contributed by atoms with Crippen LogP contribution in [0.15, 0.2) is 40.9 Å². The highest BCUT2D eigenvalue weighted by Crippen LogP contribution is 2.32. The van der Waals surface area contributed by atoms with Crippen LogP contribution in [0.1, 0.15) is 22.3 Å². The van der Waals surface area contributed by atoms with Gasteiger partial charge in [0.15, 0.2) is 0 Å². The number of rotatable bonds is 1. The number of benzene rings is 2. The zero-order chi connectivity index (χ0) is 15.0. The number of carbonyl (C=O) groups is 1. The summed E-state index contributed by atoms with van der Waals surface area (Å²) in [5.41, 5.74) is 9.08. The fourth-order valence-electron chi connectivity index (χ4n) is 2.61. The van der Waals surface area contributed by atoms with Crippen molar-refractivity contribution in [2.24, 2.45) is 0 Å². The summed E-state index contributed by atoms with van der Waals surface area (Å²) in [6, 6.07) is 11.0. The Balaban J connectivity index is 2.02. The SMILES string of the molecule is Nc1ccc2c(c1)N(C(=O)c1ccc(Br)cc1Cl)CCC2. The van der Waals surface area contributed by atoms with Crippen LogP contribution in [0.3, 0.4) is 0 Å². The number of anilines is 2. The van der Waals surface area contributed by atoms with E-state index in [-0.39, 0.29) is 5.91 Å². The van der Waals surface area contributed by atoms with E-state index in [0.29, 0.717) is 22.8 Å². The molecule has 0 saturated carbocycles. The number of nitrogens with two attached hydrogens (primary N) is 1. The number of nitrogens with zero attached hydrogens (tertiary/aromatic N) is 1. The summed E-state index contributed by atoms with van der Waals surface area (Å²) in [5.74, 6) is -0.0842. The zero-order valence-corrected chi connectivity index (χ0v) is 13.6. The highest BCUT2D eigenvalue weighted by molar-refractivity contribution is 9.10. The predicted molar refractivity (Wildman–Crippen MR) is 90.0 cm³/mol. The van der Waals surface area contributed by atoms with E-state index >= 15 is 0 Å². The monoisotopic (exact) mass is 364 g/mol. The summed E-state index contributed by atoms with van der Waals surface area (Å²) in [7, 11) is 0. The van der Waals surface area contributed by atoms with Crippen molar-refractivity contribution in [2.75, 3.05) is 17.2 Å². The van der Waals surface area contributed by atoms with Crippen LogP contribution in [0.4, 0.5) is 11.4 Å². The standard InChI is InChI=1S/C16H14BrClN2O/c17-11-4-6-13(14(18)8-11)16(21)20-7-1-2-10-3-5-12(19)9-15(10)20/h3-6,8-9H,1-2,7,19H2. The Bertz CT molecular complexity index is 717. The summed E-state index contributed by atoms with van der Waals surface area (Å²) >= 11 is 9.55. The van der Waals surface area contributed by atoms with Crippen LogP contribution in [0.25, 0.3) is 0 Å². The number of carbonyl (C=O) groups excluding carboxylic acids is 1. The van der Waals surface area contributed by atoms with Crippen molar-refractivity contribution in [1.29, 1.82) is 0 Å². The smallest absolute Gasteiger partial charge is 0.259 e. The molecule has 0 bridgehead atoms. The maximum atomic E-state index is 12.8. The number of amides is 1. The van der Waals surface area contributed by atoms with Crippen LogP contribution < -0.4 is 10.6 Å². The summed E-state index contributed by atoms with van der Waals surface area (Å²) in [5, 5.41) is 0.449. The molecule has 0 radical (unpaired) electrons. The van der Waals surface area contributed by atoms with Crippen LogP contribution in [0.2, 0.25) is 5.02 Å². The van der Waals surface area contributed by atoms with Crippen LogP contribution >= 0.6 is 27.5 Å². The molecule has 3 rings (SSSR count). The van der Waals surface area contributed by atoms with Crippen molar-refractivity contribution in [3.05, 3.63) is 57.0 Å². The summed E-state index contributed by atoms with van der Waals surface area (Å²) < 4.78 is 0.854. The number of aryl methyl sites for hydroxylation is 1. The second kappa shape index (κ2) is 5.70. The van der Waals surface area contributed by atoms with Crippen LogP contribution in [0.5, 0.6) is 0 Å². The number of hydrogen-bond donors (Lipinski definition) is 1. The van der Waals surface area contributed by atoms with E-state index in [1.807, 2.05) is 24.3 Å². The maximum absolute atomic E-state index is 12.8. The fourth-order valence-corrected chi connectivity index (χ4v) is 3.37. The summed E-state index contributed by atoms with van der Waals surface area (Å²) in [6.45, 7) is 0.682. The molecule has 1 aliphatic rings. The van der Waals surface area contributed by atoms with Gasteiger partial charge in [0.05, 0.1) is 10.6 Å². The number of hydrogen-bond acceptors (Lipinski definition) is 2. The highest BCUT2D eigenvalue weighted by atomic mass is 79.9. The maximum Gasteiger partial charge on any atom is 0.259 e. The molecule has 2 aromatic carbocycles. The Labute approximate surface area is 136 Å². The topological polar surface area (TPSA) is 46.3 Å². The average molecular weight is 366 g/mol. The summed E-state index contributed by atoms with van der Waals surface area (Å²) in [6.07, 6.45) is 1.91. The second-order valence-electron chi connectivity index (χ2n) is 5.07. The minimum absolute atomic E-state index is 0.0842. The molecule has 0 aliphatic carbocycles. The van der Waals surface area contributed by atoms with E-state index < -0.39 is 0 Å². The zero-order valence-electron chi connectivity index (χ0n) is 11.3. The Morgan fingerprint density at radius 3 is 2.81 bits per heavy atom. The lowest BCUT2D eigenvalue weighted by Crippen LogP contribution is -2.35. The van der Waals surface area contributed by atoms with Gasteiger partial charge in [0, 0.05) is 22.4 Å². The fraction of sp³-hybridized carbons (Fsp3) is 0.188. The van der Waals surface area contributed by atoms with Gasteiger partial charge < -0.3 is 10.6 Å². The number of nitrogen functional groups attached to an aromatic ring is 1. The molecular weight excluding hydrogens is 352 g/mol. The third-order valence-electron chi connectivity index (χ3n) is 3.63. The van der Waals surface area contributed by atoms with Crippen LogP contribution in [0, 0.1) is 0 Å². The van der Waals surface area contributed by atoms with Gasteiger partial charge in [-0.1, -0.05) is 33.6 Å². The molecule has 1 heterocycles. The van der Waals surface area contributed by atoms with Crippen molar-refractivity contribution in [1.82, 2.24) is 0 Å². The van der Waals surface area contributed by atoms with Crippen molar-refractivity contribution in [3.63, 3.8) is 0 Å². The minimum atomic E-state index is -0.0842. The lowest BCUT2D eigenvalue weighted by atomic mass is 10.00. The van der Waals surface area contributed by atoms with Gasteiger partial charge in [0.2, 0.25) is 0 Å². The molecule has 0 spiro atoms. The Kier molecular flexibility index (Phi) is 3.91. The predicted octanol–water partition coefficient (Wildman–Crippen LogP) is 4.28. The highest BCUT2D eigenvalue weighted by Gasteiger charge is 2.25. The van der Waals surface area contributed by atoms with Gasteiger partial charge in [-0.2, -0.15) is 0 Å². The molecule has 0 atom stereocenters. The van der Waals surface area contributed by atoms with Crippen molar-refractivity contribution < 1.29 is 4.79 Å². The van der Waals surface area contributed by atoms with E-state index in [9.17, 15) is 4.79 Å². The lowest BCUT2D eigenvalue weighted by molar-refractivity contribution is 0.0985. The van der Waals surface area contributed by atoms with Gasteiger partial charge in [-0.15, -0.1) is 0 Å². The number of fused-ring (bicyclic) bond motifs is 1. The third kappa shape index (κ3) is 2.78. The van der Waals surface area contributed by atoms with Crippen molar-refractivity contribution >= 4 is 44.8 Å².